The summed E-state index contributed by atoms with van der Waals surface area (Å²) >= 11 is 1.61. The Labute approximate surface area is 148 Å². The first-order valence-corrected chi connectivity index (χ1v) is 8.77. The average molecular weight is 355 g/mol. The molecule has 1 aliphatic heterocycles. The second-order valence-electron chi connectivity index (χ2n) is 5.84. The van der Waals surface area contributed by atoms with E-state index in [0.717, 1.165) is 41.4 Å². The SMILES string of the molecule is C=CC(=O)N1CC(CNc2nc(Nc3cn[nH]c3)nc3ccsc23)C1. The zero-order chi connectivity index (χ0) is 17.2. The van der Waals surface area contributed by atoms with Gasteiger partial charge in [0, 0.05) is 31.7 Å². The topological polar surface area (TPSA) is 98.8 Å². The summed E-state index contributed by atoms with van der Waals surface area (Å²) < 4.78 is 1.02. The van der Waals surface area contributed by atoms with Crippen molar-refractivity contribution < 1.29 is 4.79 Å². The number of anilines is 3. The molecule has 3 aromatic rings. The quantitative estimate of drug-likeness (QED) is 0.587. The number of aromatic nitrogens is 4. The van der Waals surface area contributed by atoms with Gasteiger partial charge in [-0.3, -0.25) is 9.89 Å². The molecule has 9 heteroatoms. The number of carbonyl (C=O) groups is 1. The first kappa shape index (κ1) is 15.6. The number of fused-ring (bicyclic) bond motifs is 1. The fourth-order valence-corrected chi connectivity index (χ4v) is 3.53. The third-order valence-electron chi connectivity index (χ3n) is 4.06. The predicted octanol–water partition coefficient (Wildman–Crippen LogP) is 2.21. The van der Waals surface area contributed by atoms with Crippen LogP contribution in [0.3, 0.4) is 0 Å². The molecule has 0 atom stereocenters. The molecule has 0 aliphatic carbocycles. The van der Waals surface area contributed by atoms with E-state index in [9.17, 15) is 4.79 Å². The number of nitrogens with zero attached hydrogens (tertiary/aromatic N) is 4. The van der Waals surface area contributed by atoms with E-state index >= 15 is 0 Å². The predicted molar refractivity (Wildman–Crippen MR) is 98.0 cm³/mol. The van der Waals surface area contributed by atoms with Crippen LogP contribution in [0.4, 0.5) is 17.5 Å². The summed E-state index contributed by atoms with van der Waals surface area (Å²) in [5.74, 6) is 1.73. The molecule has 3 aromatic heterocycles. The minimum Gasteiger partial charge on any atom is -0.368 e. The number of hydrogen-bond acceptors (Lipinski definition) is 7. The highest BCUT2D eigenvalue weighted by atomic mass is 32.1. The number of likely N-dealkylation sites (tertiary alicyclic amines) is 1. The molecule has 0 bridgehead atoms. The van der Waals surface area contributed by atoms with Gasteiger partial charge < -0.3 is 15.5 Å². The fraction of sp³-hybridized carbons (Fsp3) is 0.250. The van der Waals surface area contributed by atoms with Crippen LogP contribution in [0.1, 0.15) is 0 Å². The molecule has 0 aromatic carbocycles. The van der Waals surface area contributed by atoms with Crippen LogP contribution >= 0.6 is 11.3 Å². The van der Waals surface area contributed by atoms with Gasteiger partial charge in [0.05, 0.1) is 22.1 Å². The van der Waals surface area contributed by atoms with Crippen molar-refractivity contribution in [1.82, 2.24) is 25.1 Å². The van der Waals surface area contributed by atoms with Crippen molar-refractivity contribution in [2.24, 2.45) is 5.92 Å². The largest absolute Gasteiger partial charge is 0.368 e. The second-order valence-corrected chi connectivity index (χ2v) is 6.75. The molecule has 0 radical (unpaired) electrons. The molecule has 1 fully saturated rings. The van der Waals surface area contributed by atoms with Gasteiger partial charge in [0.25, 0.3) is 0 Å². The summed E-state index contributed by atoms with van der Waals surface area (Å²) in [7, 11) is 0. The third-order valence-corrected chi connectivity index (χ3v) is 4.97. The van der Waals surface area contributed by atoms with Crippen molar-refractivity contribution in [3.8, 4) is 0 Å². The van der Waals surface area contributed by atoms with Crippen molar-refractivity contribution in [2.45, 2.75) is 0 Å². The molecule has 4 heterocycles. The normalized spacial score (nSPS) is 14.3. The lowest BCUT2D eigenvalue weighted by Gasteiger charge is -2.38. The van der Waals surface area contributed by atoms with E-state index < -0.39 is 0 Å². The van der Waals surface area contributed by atoms with Gasteiger partial charge in [0.2, 0.25) is 11.9 Å². The van der Waals surface area contributed by atoms with Crippen LogP contribution in [0.2, 0.25) is 0 Å². The number of nitrogens with one attached hydrogen (secondary N) is 3. The van der Waals surface area contributed by atoms with E-state index in [0.29, 0.717) is 11.9 Å². The highest BCUT2D eigenvalue weighted by Gasteiger charge is 2.29. The maximum atomic E-state index is 11.5. The molecule has 8 nitrogen and oxygen atoms in total. The molecule has 25 heavy (non-hydrogen) atoms. The number of thiophene rings is 1. The lowest BCUT2D eigenvalue weighted by Crippen LogP contribution is -2.51. The first-order valence-electron chi connectivity index (χ1n) is 7.89. The Morgan fingerprint density at radius 1 is 1.48 bits per heavy atom. The minimum absolute atomic E-state index is 0.00877. The highest BCUT2D eigenvalue weighted by Crippen LogP contribution is 2.28. The zero-order valence-corrected chi connectivity index (χ0v) is 14.2. The number of rotatable bonds is 6. The molecule has 1 aliphatic rings. The summed E-state index contributed by atoms with van der Waals surface area (Å²) in [5, 5.41) is 15.2. The second kappa shape index (κ2) is 6.52. The van der Waals surface area contributed by atoms with Crippen LogP contribution in [0.5, 0.6) is 0 Å². The molecule has 0 spiro atoms. The van der Waals surface area contributed by atoms with Crippen LogP contribution in [0.25, 0.3) is 10.2 Å². The van der Waals surface area contributed by atoms with Crippen LogP contribution in [0.15, 0.2) is 36.5 Å². The molecule has 0 saturated carbocycles. The summed E-state index contributed by atoms with van der Waals surface area (Å²) in [4.78, 5) is 22.4. The van der Waals surface area contributed by atoms with E-state index in [4.69, 9.17) is 0 Å². The van der Waals surface area contributed by atoms with Crippen molar-refractivity contribution >= 4 is 44.9 Å². The summed E-state index contributed by atoms with van der Waals surface area (Å²) in [6.07, 6.45) is 4.78. The minimum atomic E-state index is -0.00877. The maximum Gasteiger partial charge on any atom is 0.245 e. The van der Waals surface area contributed by atoms with Gasteiger partial charge >= 0.3 is 0 Å². The molecule has 3 N–H and O–H groups in total. The van der Waals surface area contributed by atoms with Gasteiger partial charge in [-0.05, 0) is 17.5 Å². The Morgan fingerprint density at radius 2 is 2.36 bits per heavy atom. The molecule has 1 saturated heterocycles. The maximum absolute atomic E-state index is 11.5. The van der Waals surface area contributed by atoms with Gasteiger partial charge in [0.1, 0.15) is 5.82 Å². The highest BCUT2D eigenvalue weighted by molar-refractivity contribution is 7.17. The van der Waals surface area contributed by atoms with Crippen molar-refractivity contribution in [2.75, 3.05) is 30.3 Å². The number of amides is 1. The Hall–Kier alpha value is -2.94. The van der Waals surface area contributed by atoms with Crippen molar-refractivity contribution in [3.05, 3.63) is 36.5 Å². The molecule has 128 valence electrons. The van der Waals surface area contributed by atoms with Gasteiger partial charge in [-0.2, -0.15) is 10.1 Å². The Balaban J connectivity index is 1.46. The third kappa shape index (κ3) is 3.18. The van der Waals surface area contributed by atoms with Crippen LogP contribution < -0.4 is 10.6 Å². The Kier molecular flexibility index (Phi) is 4.06. The smallest absolute Gasteiger partial charge is 0.245 e. The van der Waals surface area contributed by atoms with E-state index in [1.54, 1.807) is 28.6 Å². The van der Waals surface area contributed by atoms with Crippen LogP contribution in [-0.4, -0.2) is 50.6 Å². The molecular weight excluding hydrogens is 338 g/mol. The lowest BCUT2D eigenvalue weighted by atomic mass is 10.00. The lowest BCUT2D eigenvalue weighted by molar-refractivity contribution is -0.131. The van der Waals surface area contributed by atoms with Crippen molar-refractivity contribution in [1.29, 1.82) is 0 Å². The number of hydrogen-bond donors (Lipinski definition) is 3. The molecular formula is C16H17N7OS. The van der Waals surface area contributed by atoms with Crippen LogP contribution in [-0.2, 0) is 4.79 Å². The Bertz CT molecular complexity index is 898. The van der Waals surface area contributed by atoms with Gasteiger partial charge in [0.15, 0.2) is 0 Å². The molecule has 4 rings (SSSR count). The molecule has 0 unspecified atom stereocenters. The monoisotopic (exact) mass is 355 g/mol. The standard InChI is InChI=1S/C16H17N7OS/c1-2-13(24)23-8-10(9-23)5-17-15-14-12(3-4-25-14)21-16(22-15)20-11-6-18-19-7-11/h2-4,6-7,10H,1,5,8-9H2,(H,18,19)(H2,17,20,21,22). The van der Waals surface area contributed by atoms with E-state index in [-0.39, 0.29) is 5.91 Å². The average Bonchev–Trinajstić information content (AvgIpc) is 3.24. The van der Waals surface area contributed by atoms with Crippen LogP contribution in [0, 0.1) is 5.92 Å². The van der Waals surface area contributed by atoms with Gasteiger partial charge in [-0.1, -0.05) is 6.58 Å². The van der Waals surface area contributed by atoms with E-state index in [1.807, 2.05) is 11.4 Å². The first-order chi connectivity index (χ1) is 12.2. The van der Waals surface area contributed by atoms with E-state index in [1.165, 1.54) is 6.08 Å². The zero-order valence-electron chi connectivity index (χ0n) is 13.4. The van der Waals surface area contributed by atoms with Crippen molar-refractivity contribution in [3.63, 3.8) is 0 Å². The number of carbonyl (C=O) groups excluding carboxylic acids is 1. The molecule has 1 amide bonds. The number of H-pyrrole nitrogens is 1. The number of aromatic amines is 1. The Morgan fingerprint density at radius 3 is 3.12 bits per heavy atom. The summed E-state index contributed by atoms with van der Waals surface area (Å²) in [6, 6.07) is 1.97. The van der Waals surface area contributed by atoms with Gasteiger partial charge in [-0.25, -0.2) is 4.98 Å². The summed E-state index contributed by atoms with van der Waals surface area (Å²) in [5.41, 5.74) is 1.70. The van der Waals surface area contributed by atoms with E-state index in [2.05, 4.69) is 37.4 Å². The summed E-state index contributed by atoms with van der Waals surface area (Å²) in [6.45, 7) is 5.77. The van der Waals surface area contributed by atoms with Gasteiger partial charge in [-0.15, -0.1) is 11.3 Å². The fourth-order valence-electron chi connectivity index (χ4n) is 2.74.